The van der Waals surface area contributed by atoms with E-state index < -0.39 is 10.0 Å². The lowest BCUT2D eigenvalue weighted by molar-refractivity contribution is 0.394. The van der Waals surface area contributed by atoms with E-state index in [1.165, 1.54) is 0 Å². The van der Waals surface area contributed by atoms with Crippen LogP contribution >= 0.6 is 0 Å². The molecule has 0 saturated heterocycles. The van der Waals surface area contributed by atoms with Crippen molar-refractivity contribution in [3.05, 3.63) is 48.1 Å². The van der Waals surface area contributed by atoms with Gasteiger partial charge in [0.15, 0.2) is 11.7 Å². The van der Waals surface area contributed by atoms with Gasteiger partial charge in [0, 0.05) is 31.4 Å². The Hall–Kier alpha value is -2.52. The molecule has 1 atom stereocenters. The van der Waals surface area contributed by atoms with Crippen LogP contribution in [0.3, 0.4) is 0 Å². The van der Waals surface area contributed by atoms with Crippen LogP contribution in [0.15, 0.2) is 39.8 Å². The maximum atomic E-state index is 12.7. The van der Waals surface area contributed by atoms with Gasteiger partial charge in [-0.3, -0.25) is 0 Å². The van der Waals surface area contributed by atoms with Crippen LogP contribution in [0.4, 0.5) is 0 Å². The van der Waals surface area contributed by atoms with Gasteiger partial charge in [-0.15, -0.1) is 0 Å². The molecule has 0 bridgehead atoms. The van der Waals surface area contributed by atoms with Crippen LogP contribution in [0.5, 0.6) is 0 Å². The summed E-state index contributed by atoms with van der Waals surface area (Å²) in [6.07, 6.45) is 3.75. The van der Waals surface area contributed by atoms with E-state index in [2.05, 4.69) is 19.8 Å². The fourth-order valence-electron chi connectivity index (χ4n) is 3.19. The fourth-order valence-corrected chi connectivity index (χ4v) is 4.46. The first kappa shape index (κ1) is 17.9. The lowest BCUT2D eigenvalue weighted by Gasteiger charge is -2.23. The number of fused-ring (bicyclic) bond motifs is 1. The number of oxazole rings is 1. The van der Waals surface area contributed by atoms with Gasteiger partial charge in [-0.1, -0.05) is 19.1 Å². The van der Waals surface area contributed by atoms with E-state index in [0.717, 1.165) is 23.6 Å². The van der Waals surface area contributed by atoms with Gasteiger partial charge in [-0.25, -0.2) is 27.8 Å². The number of hydrogen-bond acceptors (Lipinski definition) is 6. The van der Waals surface area contributed by atoms with Gasteiger partial charge in [0.25, 0.3) is 0 Å². The maximum absolute atomic E-state index is 12.7. The van der Waals surface area contributed by atoms with Crippen molar-refractivity contribution in [1.29, 1.82) is 0 Å². The van der Waals surface area contributed by atoms with Crippen LogP contribution in [-0.4, -0.2) is 34.2 Å². The molecule has 1 N–H and O–H groups in total. The van der Waals surface area contributed by atoms with Gasteiger partial charge < -0.3 is 4.42 Å². The standard InChI is InChI=1S/C18H21N5O3S/c1-3-17-20-18-9-6-14(10-23(18)21-17)22-27(24,25)15-7-4-13(5-8-15)16-11-26-12(2)19-16/h4-5,7-8,11,14,22H,3,6,9-10H2,1-2H3/t14-/m0/s1. The highest BCUT2D eigenvalue weighted by Gasteiger charge is 2.26. The van der Waals surface area contributed by atoms with Crippen LogP contribution in [0, 0.1) is 6.92 Å². The first-order chi connectivity index (χ1) is 12.9. The second-order valence-electron chi connectivity index (χ2n) is 6.61. The minimum Gasteiger partial charge on any atom is -0.449 e. The van der Waals surface area contributed by atoms with Gasteiger partial charge in [0.05, 0.1) is 11.4 Å². The van der Waals surface area contributed by atoms with Gasteiger partial charge in [0.1, 0.15) is 17.8 Å². The third-order valence-electron chi connectivity index (χ3n) is 4.62. The van der Waals surface area contributed by atoms with Gasteiger partial charge in [-0.05, 0) is 18.6 Å². The molecule has 0 amide bonds. The largest absolute Gasteiger partial charge is 0.449 e. The van der Waals surface area contributed by atoms with Crippen molar-refractivity contribution in [3.63, 3.8) is 0 Å². The average Bonchev–Trinajstić information content (AvgIpc) is 3.27. The lowest BCUT2D eigenvalue weighted by atomic mass is 10.1. The van der Waals surface area contributed by atoms with Crippen LogP contribution in [0.2, 0.25) is 0 Å². The Balaban J connectivity index is 1.48. The molecule has 0 radical (unpaired) electrons. The molecule has 4 rings (SSSR count). The Morgan fingerprint density at radius 3 is 2.70 bits per heavy atom. The second kappa shape index (κ2) is 6.90. The quantitative estimate of drug-likeness (QED) is 0.719. The Labute approximate surface area is 157 Å². The van der Waals surface area contributed by atoms with Crippen molar-refractivity contribution in [1.82, 2.24) is 24.5 Å². The number of aryl methyl sites for hydroxylation is 3. The van der Waals surface area contributed by atoms with E-state index in [-0.39, 0.29) is 10.9 Å². The third kappa shape index (κ3) is 3.65. The predicted molar refractivity (Wildman–Crippen MR) is 98.5 cm³/mol. The van der Waals surface area contributed by atoms with Crippen LogP contribution in [0.25, 0.3) is 11.3 Å². The topological polar surface area (TPSA) is 103 Å². The number of benzene rings is 1. The first-order valence-electron chi connectivity index (χ1n) is 8.92. The normalized spacial score (nSPS) is 17.0. The zero-order valence-electron chi connectivity index (χ0n) is 15.2. The molecular weight excluding hydrogens is 366 g/mol. The van der Waals surface area contributed by atoms with E-state index in [0.29, 0.717) is 31.0 Å². The van der Waals surface area contributed by atoms with Crippen molar-refractivity contribution < 1.29 is 12.8 Å². The number of nitrogens with zero attached hydrogens (tertiary/aromatic N) is 4. The van der Waals surface area contributed by atoms with E-state index in [1.807, 2.05) is 11.6 Å². The lowest BCUT2D eigenvalue weighted by Crippen LogP contribution is -2.41. The van der Waals surface area contributed by atoms with Crippen molar-refractivity contribution in [2.45, 2.75) is 50.6 Å². The zero-order chi connectivity index (χ0) is 19.0. The Morgan fingerprint density at radius 1 is 1.26 bits per heavy atom. The summed E-state index contributed by atoms with van der Waals surface area (Å²) in [6.45, 7) is 4.27. The molecule has 3 aromatic rings. The smallest absolute Gasteiger partial charge is 0.240 e. The minimum absolute atomic E-state index is 0.202. The molecule has 0 saturated carbocycles. The summed E-state index contributed by atoms with van der Waals surface area (Å²) in [5, 5.41) is 4.42. The Morgan fingerprint density at radius 2 is 2.04 bits per heavy atom. The zero-order valence-corrected chi connectivity index (χ0v) is 16.0. The molecule has 142 valence electrons. The number of rotatable bonds is 5. The molecule has 3 heterocycles. The molecule has 9 heteroatoms. The summed E-state index contributed by atoms with van der Waals surface area (Å²) in [4.78, 5) is 8.94. The van der Waals surface area contributed by atoms with Gasteiger partial charge in [0.2, 0.25) is 10.0 Å². The minimum atomic E-state index is -3.61. The summed E-state index contributed by atoms with van der Waals surface area (Å²) in [6, 6.07) is 6.43. The van der Waals surface area contributed by atoms with E-state index in [4.69, 9.17) is 4.42 Å². The Kier molecular flexibility index (Phi) is 4.56. The number of sulfonamides is 1. The highest BCUT2D eigenvalue weighted by molar-refractivity contribution is 7.89. The Bertz CT molecular complexity index is 1050. The summed E-state index contributed by atoms with van der Waals surface area (Å²) >= 11 is 0. The SMILES string of the molecule is CCc1nc2n(n1)C[C@@H](NS(=O)(=O)c1ccc(-c3coc(C)n3)cc1)CC2. The van der Waals surface area contributed by atoms with E-state index in [1.54, 1.807) is 37.5 Å². The molecule has 2 aromatic heterocycles. The molecule has 1 aromatic carbocycles. The average molecular weight is 387 g/mol. The first-order valence-corrected chi connectivity index (χ1v) is 10.4. The van der Waals surface area contributed by atoms with Crippen molar-refractivity contribution in [2.75, 3.05) is 0 Å². The van der Waals surface area contributed by atoms with Crippen molar-refractivity contribution in [3.8, 4) is 11.3 Å². The van der Waals surface area contributed by atoms with Crippen LogP contribution in [0.1, 0.15) is 30.9 Å². The molecule has 0 unspecified atom stereocenters. The molecular formula is C18H21N5O3S. The fraction of sp³-hybridized carbons (Fsp3) is 0.389. The van der Waals surface area contributed by atoms with Gasteiger partial charge >= 0.3 is 0 Å². The summed E-state index contributed by atoms with van der Waals surface area (Å²) in [7, 11) is -3.61. The molecule has 1 aliphatic rings. The predicted octanol–water partition coefficient (Wildman–Crippen LogP) is 2.10. The van der Waals surface area contributed by atoms with Crippen molar-refractivity contribution >= 4 is 10.0 Å². The number of nitrogens with one attached hydrogen (secondary N) is 1. The molecule has 0 spiro atoms. The third-order valence-corrected chi connectivity index (χ3v) is 6.16. The monoisotopic (exact) mass is 387 g/mol. The van der Waals surface area contributed by atoms with E-state index in [9.17, 15) is 8.42 Å². The van der Waals surface area contributed by atoms with E-state index >= 15 is 0 Å². The summed E-state index contributed by atoms with van der Waals surface area (Å²) in [5.41, 5.74) is 1.49. The van der Waals surface area contributed by atoms with Crippen LogP contribution in [-0.2, 0) is 29.4 Å². The number of aromatic nitrogens is 4. The van der Waals surface area contributed by atoms with Crippen LogP contribution < -0.4 is 4.72 Å². The highest BCUT2D eigenvalue weighted by atomic mass is 32.2. The van der Waals surface area contributed by atoms with Crippen molar-refractivity contribution in [2.24, 2.45) is 0 Å². The molecule has 27 heavy (non-hydrogen) atoms. The second-order valence-corrected chi connectivity index (χ2v) is 8.33. The molecule has 0 fully saturated rings. The summed E-state index contributed by atoms with van der Waals surface area (Å²) < 4.78 is 35.3. The summed E-state index contributed by atoms with van der Waals surface area (Å²) in [5.74, 6) is 2.29. The molecule has 0 aliphatic carbocycles. The molecule has 8 nitrogen and oxygen atoms in total. The van der Waals surface area contributed by atoms with Gasteiger partial charge in [-0.2, -0.15) is 5.10 Å². The maximum Gasteiger partial charge on any atom is 0.240 e. The highest BCUT2D eigenvalue weighted by Crippen LogP contribution is 2.22. The molecule has 1 aliphatic heterocycles. The number of hydrogen-bond donors (Lipinski definition) is 1.